The molecule has 0 saturated carbocycles. The van der Waals surface area contributed by atoms with E-state index in [1.165, 1.54) is 12.1 Å². The number of hydrogen-bond donors (Lipinski definition) is 1. The Morgan fingerprint density at radius 1 is 1.00 bits per heavy atom. The highest BCUT2D eigenvalue weighted by molar-refractivity contribution is 7.92. The van der Waals surface area contributed by atoms with Crippen molar-refractivity contribution in [3.8, 4) is 11.5 Å². The molecule has 0 fully saturated rings. The number of ether oxygens (including phenoxy) is 2. The van der Waals surface area contributed by atoms with Crippen LogP contribution < -0.4 is 14.2 Å². The summed E-state index contributed by atoms with van der Waals surface area (Å²) in [7, 11) is -3.82. The maximum Gasteiger partial charge on any atom is 0.262 e. The van der Waals surface area contributed by atoms with Gasteiger partial charge in [-0.15, -0.1) is 0 Å². The second kappa shape index (κ2) is 5.73. The van der Waals surface area contributed by atoms with E-state index in [1.54, 1.807) is 26.0 Å². The van der Waals surface area contributed by atoms with Crippen LogP contribution in [-0.4, -0.2) is 21.6 Å². The average Bonchev–Trinajstić information content (AvgIpc) is 2.47. The van der Waals surface area contributed by atoms with Crippen molar-refractivity contribution >= 4 is 15.7 Å². The van der Waals surface area contributed by atoms with Gasteiger partial charge in [0.25, 0.3) is 10.0 Å². The lowest BCUT2D eigenvalue weighted by Crippen LogP contribution is -2.18. The van der Waals surface area contributed by atoms with Crippen LogP contribution in [-0.2, 0) is 10.0 Å². The van der Waals surface area contributed by atoms with E-state index >= 15 is 0 Å². The van der Waals surface area contributed by atoms with Crippen molar-refractivity contribution in [1.29, 1.82) is 0 Å². The molecule has 0 aliphatic carbocycles. The van der Waals surface area contributed by atoms with E-state index in [4.69, 9.17) is 9.47 Å². The molecule has 1 aliphatic rings. The maximum absolute atomic E-state index is 13.2. The number of rotatable bonds is 3. The molecule has 0 atom stereocenters. The van der Waals surface area contributed by atoms with Crippen molar-refractivity contribution in [2.75, 3.05) is 17.9 Å². The van der Waals surface area contributed by atoms with Crippen molar-refractivity contribution in [2.24, 2.45) is 0 Å². The lowest BCUT2D eigenvalue weighted by molar-refractivity contribution is 0.171. The molecule has 2 aromatic carbocycles. The molecule has 0 spiro atoms. The third-order valence-electron chi connectivity index (χ3n) is 3.56. The smallest absolute Gasteiger partial charge is 0.262 e. The van der Waals surface area contributed by atoms with Crippen molar-refractivity contribution in [2.45, 2.75) is 18.7 Å². The number of halogens is 1. The van der Waals surface area contributed by atoms with E-state index < -0.39 is 15.8 Å². The molecule has 5 nitrogen and oxygen atoms in total. The van der Waals surface area contributed by atoms with Gasteiger partial charge in [0.05, 0.1) is 10.6 Å². The summed E-state index contributed by atoms with van der Waals surface area (Å²) in [5, 5.41) is 0. The normalized spacial score (nSPS) is 13.7. The Balaban J connectivity index is 1.97. The number of anilines is 1. The topological polar surface area (TPSA) is 64.6 Å². The van der Waals surface area contributed by atoms with E-state index in [9.17, 15) is 12.8 Å². The Bertz CT molecular complexity index is 865. The standard InChI is InChI=1S/C16H16FNO4S/c1-10-8-14-15(22-6-5-21-14)9-13(10)18-23(19,20)16-4-3-12(17)7-11(16)2/h3-4,7-9,18H,5-6H2,1-2H3. The minimum Gasteiger partial charge on any atom is -0.486 e. The van der Waals surface area contributed by atoms with Crippen LogP contribution in [0.3, 0.4) is 0 Å². The summed E-state index contributed by atoms with van der Waals surface area (Å²) in [5.41, 5.74) is 1.45. The first-order chi connectivity index (χ1) is 10.9. The Labute approximate surface area is 134 Å². The highest BCUT2D eigenvalue weighted by Crippen LogP contribution is 2.36. The fourth-order valence-corrected chi connectivity index (χ4v) is 3.76. The van der Waals surface area contributed by atoms with Crippen LogP contribution in [0.2, 0.25) is 0 Å². The fraction of sp³-hybridized carbons (Fsp3) is 0.250. The summed E-state index contributed by atoms with van der Waals surface area (Å²) in [5.74, 6) is 0.613. The first-order valence-corrected chi connectivity index (χ1v) is 8.54. The number of sulfonamides is 1. The molecule has 1 aliphatic heterocycles. The van der Waals surface area contributed by atoms with Crippen molar-refractivity contribution < 1.29 is 22.3 Å². The molecule has 0 bridgehead atoms. The van der Waals surface area contributed by atoms with Gasteiger partial charge in [-0.05, 0) is 49.2 Å². The third-order valence-corrected chi connectivity index (χ3v) is 5.09. The van der Waals surface area contributed by atoms with Gasteiger partial charge in [0.2, 0.25) is 0 Å². The number of benzene rings is 2. The predicted molar refractivity (Wildman–Crippen MR) is 84.1 cm³/mol. The summed E-state index contributed by atoms with van der Waals surface area (Å²) in [6, 6.07) is 6.88. The highest BCUT2D eigenvalue weighted by Gasteiger charge is 2.21. The molecule has 0 unspecified atom stereocenters. The van der Waals surface area contributed by atoms with Gasteiger partial charge in [0, 0.05) is 6.07 Å². The van der Waals surface area contributed by atoms with E-state index in [2.05, 4.69) is 4.72 Å². The second-order valence-electron chi connectivity index (χ2n) is 5.33. The zero-order valence-corrected chi connectivity index (χ0v) is 13.5. The summed E-state index contributed by atoms with van der Waals surface area (Å²) >= 11 is 0. The van der Waals surface area contributed by atoms with Crippen LogP contribution in [0.1, 0.15) is 11.1 Å². The van der Waals surface area contributed by atoms with Gasteiger partial charge in [0.1, 0.15) is 19.0 Å². The third kappa shape index (κ3) is 3.10. The molecule has 23 heavy (non-hydrogen) atoms. The van der Waals surface area contributed by atoms with Gasteiger partial charge < -0.3 is 9.47 Å². The molecular weight excluding hydrogens is 321 g/mol. The van der Waals surface area contributed by atoms with Gasteiger partial charge >= 0.3 is 0 Å². The Kier molecular flexibility index (Phi) is 3.89. The van der Waals surface area contributed by atoms with Crippen LogP contribution >= 0.6 is 0 Å². The molecule has 3 rings (SSSR count). The monoisotopic (exact) mass is 337 g/mol. The molecule has 7 heteroatoms. The van der Waals surface area contributed by atoms with Crippen LogP contribution in [0.25, 0.3) is 0 Å². The van der Waals surface area contributed by atoms with Crippen LogP contribution in [0.15, 0.2) is 35.2 Å². The minimum absolute atomic E-state index is 0.0354. The SMILES string of the molecule is Cc1cc2c(cc1NS(=O)(=O)c1ccc(F)cc1C)OCCO2. The molecule has 1 heterocycles. The van der Waals surface area contributed by atoms with Crippen LogP contribution in [0.5, 0.6) is 11.5 Å². The first-order valence-electron chi connectivity index (χ1n) is 7.06. The van der Waals surface area contributed by atoms with Crippen LogP contribution in [0, 0.1) is 19.7 Å². The van der Waals surface area contributed by atoms with Crippen molar-refractivity contribution in [1.82, 2.24) is 0 Å². The van der Waals surface area contributed by atoms with E-state index in [0.717, 1.165) is 6.07 Å². The van der Waals surface area contributed by atoms with Crippen LogP contribution in [0.4, 0.5) is 10.1 Å². The zero-order chi connectivity index (χ0) is 16.6. The lowest BCUT2D eigenvalue weighted by Gasteiger charge is -2.21. The summed E-state index contributed by atoms with van der Waals surface area (Å²) in [6.45, 7) is 4.20. The van der Waals surface area contributed by atoms with Gasteiger partial charge in [-0.3, -0.25) is 4.72 Å². The van der Waals surface area contributed by atoms with E-state index in [0.29, 0.717) is 41.5 Å². The molecule has 0 aromatic heterocycles. The number of aryl methyl sites for hydroxylation is 2. The van der Waals surface area contributed by atoms with Gasteiger partial charge in [-0.2, -0.15) is 0 Å². The average molecular weight is 337 g/mol. The highest BCUT2D eigenvalue weighted by atomic mass is 32.2. The Morgan fingerprint density at radius 2 is 1.65 bits per heavy atom. The molecular formula is C16H16FNO4S. The molecule has 0 saturated heterocycles. The largest absolute Gasteiger partial charge is 0.486 e. The summed E-state index contributed by atoms with van der Waals surface area (Å²) in [6.07, 6.45) is 0. The second-order valence-corrected chi connectivity index (χ2v) is 6.98. The summed E-state index contributed by atoms with van der Waals surface area (Å²) in [4.78, 5) is 0.0354. The Morgan fingerprint density at radius 3 is 2.30 bits per heavy atom. The molecule has 122 valence electrons. The molecule has 2 aromatic rings. The maximum atomic E-state index is 13.2. The molecule has 1 N–H and O–H groups in total. The summed E-state index contributed by atoms with van der Waals surface area (Å²) < 4.78 is 51.7. The molecule has 0 radical (unpaired) electrons. The fourth-order valence-electron chi connectivity index (χ4n) is 2.41. The minimum atomic E-state index is -3.82. The van der Waals surface area contributed by atoms with Crippen molar-refractivity contribution in [3.05, 3.63) is 47.3 Å². The predicted octanol–water partition coefficient (Wildman–Crippen LogP) is 3.01. The number of hydrogen-bond acceptors (Lipinski definition) is 4. The zero-order valence-electron chi connectivity index (χ0n) is 12.7. The van der Waals surface area contributed by atoms with Gasteiger partial charge in [-0.25, -0.2) is 12.8 Å². The Hall–Kier alpha value is -2.28. The van der Waals surface area contributed by atoms with Crippen molar-refractivity contribution in [3.63, 3.8) is 0 Å². The number of nitrogens with one attached hydrogen (secondary N) is 1. The van der Waals surface area contributed by atoms with Gasteiger partial charge in [-0.1, -0.05) is 0 Å². The van der Waals surface area contributed by atoms with E-state index in [1.807, 2.05) is 0 Å². The number of fused-ring (bicyclic) bond motifs is 1. The van der Waals surface area contributed by atoms with Gasteiger partial charge in [0.15, 0.2) is 11.5 Å². The van der Waals surface area contributed by atoms with E-state index in [-0.39, 0.29) is 4.90 Å². The quantitative estimate of drug-likeness (QED) is 0.935. The molecule has 0 amide bonds. The lowest BCUT2D eigenvalue weighted by atomic mass is 10.2. The first kappa shape index (κ1) is 15.6.